The zero-order chi connectivity index (χ0) is 10.2. The summed E-state index contributed by atoms with van der Waals surface area (Å²) in [4.78, 5) is 11.0. The minimum atomic E-state index is -0.902. The first-order valence-corrected chi connectivity index (χ1v) is 4.49. The van der Waals surface area contributed by atoms with Crippen LogP contribution in [0.5, 0.6) is 0 Å². The van der Waals surface area contributed by atoms with Gasteiger partial charge in [-0.05, 0) is 30.8 Å². The van der Waals surface area contributed by atoms with Crippen molar-refractivity contribution in [3.63, 3.8) is 0 Å². The molecule has 0 spiro atoms. The standard InChI is InChI=1S/C10H16O3/c1-6-7(11)4-5-10(2,3)8(6)9(12)13/h7,11H,4-5H2,1-3H3,(H,12,13). The van der Waals surface area contributed by atoms with Gasteiger partial charge >= 0.3 is 5.97 Å². The van der Waals surface area contributed by atoms with Gasteiger partial charge in [-0.1, -0.05) is 13.8 Å². The first-order valence-electron chi connectivity index (χ1n) is 4.49. The molecule has 0 saturated carbocycles. The minimum absolute atomic E-state index is 0.310. The molecule has 1 aliphatic carbocycles. The van der Waals surface area contributed by atoms with Crippen molar-refractivity contribution >= 4 is 5.97 Å². The third-order valence-corrected chi connectivity index (χ3v) is 2.83. The highest BCUT2D eigenvalue weighted by Gasteiger charge is 2.36. The van der Waals surface area contributed by atoms with Gasteiger partial charge in [0.2, 0.25) is 0 Å². The van der Waals surface area contributed by atoms with E-state index >= 15 is 0 Å². The van der Waals surface area contributed by atoms with Crippen LogP contribution in [0.15, 0.2) is 11.1 Å². The fraction of sp³-hybridized carbons (Fsp3) is 0.700. The van der Waals surface area contributed by atoms with E-state index in [0.29, 0.717) is 17.6 Å². The van der Waals surface area contributed by atoms with Crippen LogP contribution < -0.4 is 0 Å². The molecule has 0 fully saturated rings. The number of aliphatic hydroxyl groups excluding tert-OH is 1. The lowest BCUT2D eigenvalue weighted by Crippen LogP contribution is -2.31. The molecule has 0 aromatic rings. The summed E-state index contributed by atoms with van der Waals surface area (Å²) < 4.78 is 0. The van der Waals surface area contributed by atoms with E-state index < -0.39 is 12.1 Å². The van der Waals surface area contributed by atoms with Crippen LogP contribution in [0.2, 0.25) is 0 Å². The second kappa shape index (κ2) is 3.14. The summed E-state index contributed by atoms with van der Waals surface area (Å²) in [6.45, 7) is 5.52. The molecule has 74 valence electrons. The number of carboxylic acid groups (broad SMARTS) is 1. The normalized spacial score (nSPS) is 27.5. The number of carbonyl (C=O) groups is 1. The first kappa shape index (κ1) is 10.3. The highest BCUT2D eigenvalue weighted by Crippen LogP contribution is 2.40. The van der Waals surface area contributed by atoms with Gasteiger partial charge in [0, 0.05) is 5.57 Å². The SMILES string of the molecule is CC1=C(C(=O)O)C(C)(C)CCC1O. The maximum absolute atomic E-state index is 11.0. The molecule has 0 saturated heterocycles. The minimum Gasteiger partial charge on any atom is -0.478 e. The summed E-state index contributed by atoms with van der Waals surface area (Å²) in [7, 11) is 0. The molecule has 3 nitrogen and oxygen atoms in total. The number of hydrogen-bond donors (Lipinski definition) is 2. The third kappa shape index (κ3) is 1.75. The third-order valence-electron chi connectivity index (χ3n) is 2.83. The summed E-state index contributed by atoms with van der Waals surface area (Å²) in [5.74, 6) is -0.902. The average molecular weight is 184 g/mol. The van der Waals surface area contributed by atoms with Crippen LogP contribution in [0.1, 0.15) is 33.6 Å². The van der Waals surface area contributed by atoms with Gasteiger partial charge in [0.15, 0.2) is 0 Å². The quantitative estimate of drug-likeness (QED) is 0.650. The Morgan fingerprint density at radius 1 is 1.54 bits per heavy atom. The number of aliphatic carboxylic acids is 1. The monoisotopic (exact) mass is 184 g/mol. The van der Waals surface area contributed by atoms with Crippen molar-refractivity contribution in [1.29, 1.82) is 0 Å². The Balaban J connectivity index is 3.17. The van der Waals surface area contributed by atoms with Crippen LogP contribution in [-0.4, -0.2) is 22.3 Å². The Labute approximate surface area is 78.1 Å². The summed E-state index contributed by atoms with van der Waals surface area (Å²) in [5, 5.41) is 18.5. The maximum Gasteiger partial charge on any atom is 0.332 e. The molecule has 0 aromatic heterocycles. The highest BCUT2D eigenvalue weighted by atomic mass is 16.4. The molecule has 0 amide bonds. The van der Waals surface area contributed by atoms with Crippen LogP contribution in [0.3, 0.4) is 0 Å². The van der Waals surface area contributed by atoms with Crippen molar-refractivity contribution < 1.29 is 15.0 Å². The fourth-order valence-electron chi connectivity index (χ4n) is 2.00. The van der Waals surface area contributed by atoms with E-state index in [1.54, 1.807) is 6.92 Å². The Kier molecular flexibility index (Phi) is 2.48. The molecule has 13 heavy (non-hydrogen) atoms. The number of carboxylic acids is 1. The van der Waals surface area contributed by atoms with Crippen LogP contribution in [0, 0.1) is 5.41 Å². The highest BCUT2D eigenvalue weighted by molar-refractivity contribution is 5.89. The van der Waals surface area contributed by atoms with E-state index in [1.807, 2.05) is 13.8 Å². The number of aliphatic hydroxyl groups is 1. The second-order valence-electron chi connectivity index (χ2n) is 4.30. The van der Waals surface area contributed by atoms with Crippen LogP contribution in [0.25, 0.3) is 0 Å². The Hall–Kier alpha value is -0.830. The van der Waals surface area contributed by atoms with E-state index in [4.69, 9.17) is 5.11 Å². The van der Waals surface area contributed by atoms with Gasteiger partial charge in [0.25, 0.3) is 0 Å². The molecule has 0 radical (unpaired) electrons. The van der Waals surface area contributed by atoms with Crippen LogP contribution >= 0.6 is 0 Å². The molecule has 1 atom stereocenters. The van der Waals surface area contributed by atoms with E-state index in [9.17, 15) is 9.90 Å². The summed E-state index contributed by atoms with van der Waals surface area (Å²) in [6, 6.07) is 0. The Bertz CT molecular complexity index is 263. The lowest BCUT2D eigenvalue weighted by molar-refractivity contribution is -0.134. The van der Waals surface area contributed by atoms with Crippen molar-refractivity contribution in [2.45, 2.75) is 39.7 Å². The van der Waals surface area contributed by atoms with Crippen molar-refractivity contribution in [3.05, 3.63) is 11.1 Å². The van der Waals surface area contributed by atoms with Gasteiger partial charge in [-0.25, -0.2) is 4.79 Å². The maximum atomic E-state index is 11.0. The lowest BCUT2D eigenvalue weighted by atomic mass is 9.72. The molecule has 0 aromatic carbocycles. The van der Waals surface area contributed by atoms with Gasteiger partial charge in [-0.2, -0.15) is 0 Å². The van der Waals surface area contributed by atoms with Crippen LogP contribution in [-0.2, 0) is 4.79 Å². The van der Waals surface area contributed by atoms with Crippen molar-refractivity contribution in [2.24, 2.45) is 5.41 Å². The van der Waals surface area contributed by atoms with Crippen molar-refractivity contribution in [2.75, 3.05) is 0 Å². The molecule has 3 heteroatoms. The molecule has 1 aliphatic rings. The van der Waals surface area contributed by atoms with Crippen LogP contribution in [0.4, 0.5) is 0 Å². The number of hydrogen-bond acceptors (Lipinski definition) is 2. The van der Waals surface area contributed by atoms with Gasteiger partial charge in [0.1, 0.15) is 0 Å². The predicted molar refractivity (Wildman–Crippen MR) is 49.4 cm³/mol. The molecule has 0 aliphatic heterocycles. The van der Waals surface area contributed by atoms with Gasteiger partial charge in [-0.3, -0.25) is 0 Å². The van der Waals surface area contributed by atoms with E-state index in [2.05, 4.69) is 0 Å². The Morgan fingerprint density at radius 2 is 2.08 bits per heavy atom. The van der Waals surface area contributed by atoms with E-state index in [1.165, 1.54) is 0 Å². The molecular weight excluding hydrogens is 168 g/mol. The summed E-state index contributed by atoms with van der Waals surface area (Å²) in [6.07, 6.45) is 0.821. The van der Waals surface area contributed by atoms with Gasteiger partial charge in [-0.15, -0.1) is 0 Å². The summed E-state index contributed by atoms with van der Waals surface area (Å²) in [5.41, 5.74) is 0.685. The fourth-order valence-corrected chi connectivity index (χ4v) is 2.00. The van der Waals surface area contributed by atoms with Gasteiger partial charge < -0.3 is 10.2 Å². The average Bonchev–Trinajstić information content (AvgIpc) is 1.96. The molecule has 0 bridgehead atoms. The molecule has 2 N–H and O–H groups in total. The predicted octanol–water partition coefficient (Wildman–Crippen LogP) is 1.57. The largest absolute Gasteiger partial charge is 0.478 e. The molecular formula is C10H16O3. The zero-order valence-corrected chi connectivity index (χ0v) is 8.29. The first-order chi connectivity index (χ1) is 5.86. The smallest absolute Gasteiger partial charge is 0.332 e. The molecule has 1 rings (SSSR count). The zero-order valence-electron chi connectivity index (χ0n) is 8.29. The molecule has 1 unspecified atom stereocenters. The number of rotatable bonds is 1. The van der Waals surface area contributed by atoms with Gasteiger partial charge in [0.05, 0.1) is 6.10 Å². The van der Waals surface area contributed by atoms with Crippen molar-refractivity contribution in [1.82, 2.24) is 0 Å². The summed E-state index contributed by atoms with van der Waals surface area (Å²) >= 11 is 0. The topological polar surface area (TPSA) is 57.5 Å². The van der Waals surface area contributed by atoms with E-state index in [0.717, 1.165) is 6.42 Å². The lowest BCUT2D eigenvalue weighted by Gasteiger charge is -2.34. The van der Waals surface area contributed by atoms with Crippen molar-refractivity contribution in [3.8, 4) is 0 Å². The Morgan fingerprint density at radius 3 is 2.46 bits per heavy atom. The van der Waals surface area contributed by atoms with E-state index in [-0.39, 0.29) is 5.41 Å². The second-order valence-corrected chi connectivity index (χ2v) is 4.30. The molecule has 0 heterocycles.